The van der Waals surface area contributed by atoms with E-state index in [1.807, 2.05) is 38.6 Å². The van der Waals surface area contributed by atoms with Crippen LogP contribution in [0.4, 0.5) is 0 Å². The molecule has 0 radical (unpaired) electrons. The maximum absolute atomic E-state index is 13.6. The molecule has 220 valence electrons. The van der Waals surface area contributed by atoms with E-state index in [0.717, 1.165) is 25.0 Å². The van der Waals surface area contributed by atoms with Crippen LogP contribution in [-0.4, -0.2) is 66.9 Å². The zero-order valence-corrected chi connectivity index (χ0v) is 26.0. The first-order valence-electron chi connectivity index (χ1n) is 14.0. The molecule has 0 amide bonds. The molecule has 38 heavy (non-hydrogen) atoms. The summed E-state index contributed by atoms with van der Waals surface area (Å²) in [4.78, 5) is 11.9. The van der Waals surface area contributed by atoms with E-state index in [1.54, 1.807) is 0 Å². The van der Waals surface area contributed by atoms with Crippen molar-refractivity contribution in [2.75, 3.05) is 33.0 Å². The molecule has 2 atom stereocenters. The van der Waals surface area contributed by atoms with E-state index in [2.05, 4.69) is 49.7 Å². The van der Waals surface area contributed by atoms with E-state index < -0.39 is 14.8 Å². The van der Waals surface area contributed by atoms with Gasteiger partial charge in [-0.3, -0.25) is 4.79 Å². The summed E-state index contributed by atoms with van der Waals surface area (Å²) in [5, 5.41) is 8.58. The zero-order valence-electron chi connectivity index (χ0n) is 25.2. The Bertz CT molecular complexity index is 1010. The van der Waals surface area contributed by atoms with Gasteiger partial charge in [0.2, 0.25) is 10.0 Å². The second-order valence-corrected chi connectivity index (χ2v) is 16.0. The van der Waals surface area contributed by atoms with Gasteiger partial charge in [-0.05, 0) is 52.4 Å². The quantitative estimate of drug-likeness (QED) is 0.367. The van der Waals surface area contributed by atoms with E-state index in [0.29, 0.717) is 39.1 Å². The third-order valence-corrected chi connectivity index (χ3v) is 10.0. The number of aromatic nitrogens is 3. The monoisotopic (exact) mass is 556 g/mol. The number of sulfonamides is 1. The molecule has 1 fully saturated rings. The highest BCUT2D eigenvalue weighted by atomic mass is 32.2. The number of ketones is 1. The Labute approximate surface area is 230 Å². The largest absolute Gasteiger partial charge is 0.379 e. The van der Waals surface area contributed by atoms with Gasteiger partial charge in [0.15, 0.2) is 0 Å². The summed E-state index contributed by atoms with van der Waals surface area (Å²) in [6.07, 6.45) is 6.18. The molecule has 1 aromatic heterocycles. The van der Waals surface area contributed by atoms with Gasteiger partial charge in [0.25, 0.3) is 0 Å². The maximum Gasteiger partial charge on any atom is 0.217 e. The molecule has 0 bridgehead atoms. The zero-order chi connectivity index (χ0) is 28.8. The molecule has 0 saturated heterocycles. The minimum Gasteiger partial charge on any atom is -0.379 e. The predicted molar refractivity (Wildman–Crippen MR) is 151 cm³/mol. The second kappa shape index (κ2) is 12.9. The van der Waals surface area contributed by atoms with Gasteiger partial charge in [0.1, 0.15) is 5.78 Å². The highest BCUT2D eigenvalue weighted by molar-refractivity contribution is 7.90. The van der Waals surface area contributed by atoms with Gasteiger partial charge < -0.3 is 9.47 Å². The van der Waals surface area contributed by atoms with Gasteiger partial charge in [-0.1, -0.05) is 52.7 Å². The van der Waals surface area contributed by atoms with Crippen molar-refractivity contribution in [3.63, 3.8) is 0 Å². The van der Waals surface area contributed by atoms with Crippen LogP contribution in [0.5, 0.6) is 0 Å². The number of nitrogens with zero attached hydrogens (tertiary/aromatic N) is 3. The van der Waals surface area contributed by atoms with Crippen LogP contribution in [0.3, 0.4) is 0 Å². The smallest absolute Gasteiger partial charge is 0.217 e. The molecular formula is C28H52N4O5S. The lowest BCUT2D eigenvalue weighted by Gasteiger charge is -2.43. The first kappa shape index (κ1) is 32.8. The van der Waals surface area contributed by atoms with E-state index in [-0.39, 0.29) is 41.2 Å². The molecular weight excluding hydrogens is 504 g/mol. The number of rotatable bonds is 12. The number of hydrogen-bond donors (Lipinski definition) is 1. The summed E-state index contributed by atoms with van der Waals surface area (Å²) in [6, 6.07) is 0. The molecule has 1 heterocycles. The van der Waals surface area contributed by atoms with Crippen molar-refractivity contribution in [1.82, 2.24) is 19.7 Å². The molecule has 1 saturated carbocycles. The molecule has 1 N–H and O–H groups in total. The number of carbonyl (C=O) groups is 1. The Kier molecular flexibility index (Phi) is 11.1. The summed E-state index contributed by atoms with van der Waals surface area (Å²) in [5.74, 6) is 0.164. The fourth-order valence-corrected chi connectivity index (χ4v) is 6.60. The average Bonchev–Trinajstić information content (AvgIpc) is 3.27. The SMILES string of the molecule is CC(C)(C)C(=O)CCOCCOCCNS(=O)(=O)C1(C)CCCCC(C)(C)C(c2cnnn2C(C)(C)C)C1. The van der Waals surface area contributed by atoms with Crippen molar-refractivity contribution in [3.05, 3.63) is 11.9 Å². The molecule has 0 aliphatic heterocycles. The van der Waals surface area contributed by atoms with Crippen molar-refractivity contribution in [3.8, 4) is 0 Å². The second-order valence-electron chi connectivity index (χ2n) is 13.7. The molecule has 1 aromatic rings. The van der Waals surface area contributed by atoms with Gasteiger partial charge >= 0.3 is 0 Å². The molecule has 2 rings (SSSR count). The van der Waals surface area contributed by atoms with Crippen LogP contribution in [0.2, 0.25) is 0 Å². The van der Waals surface area contributed by atoms with Gasteiger partial charge in [0.05, 0.1) is 48.6 Å². The molecule has 0 spiro atoms. The van der Waals surface area contributed by atoms with E-state index in [1.165, 1.54) is 0 Å². The van der Waals surface area contributed by atoms with Crippen LogP contribution in [0.15, 0.2) is 6.20 Å². The van der Waals surface area contributed by atoms with Gasteiger partial charge in [-0.25, -0.2) is 17.8 Å². The van der Waals surface area contributed by atoms with Crippen LogP contribution in [0.25, 0.3) is 0 Å². The van der Waals surface area contributed by atoms with Crippen molar-refractivity contribution in [2.24, 2.45) is 10.8 Å². The minimum atomic E-state index is -3.62. The molecule has 1 aliphatic carbocycles. The Balaban J connectivity index is 1.96. The van der Waals surface area contributed by atoms with Crippen molar-refractivity contribution >= 4 is 15.8 Å². The van der Waals surface area contributed by atoms with Crippen molar-refractivity contribution in [1.29, 1.82) is 0 Å². The Morgan fingerprint density at radius 3 is 2.24 bits per heavy atom. The summed E-state index contributed by atoms with van der Waals surface area (Å²) in [7, 11) is -3.62. The Morgan fingerprint density at radius 2 is 1.63 bits per heavy atom. The molecule has 9 nitrogen and oxygen atoms in total. The van der Waals surface area contributed by atoms with Gasteiger partial charge in [-0.2, -0.15) is 0 Å². The van der Waals surface area contributed by atoms with E-state index in [4.69, 9.17) is 9.47 Å². The molecule has 10 heteroatoms. The van der Waals surface area contributed by atoms with Crippen LogP contribution < -0.4 is 4.72 Å². The lowest BCUT2D eigenvalue weighted by molar-refractivity contribution is -0.127. The van der Waals surface area contributed by atoms with Crippen LogP contribution in [0, 0.1) is 10.8 Å². The lowest BCUT2D eigenvalue weighted by atomic mass is 9.67. The highest BCUT2D eigenvalue weighted by Gasteiger charge is 2.47. The van der Waals surface area contributed by atoms with Crippen molar-refractivity contribution < 1.29 is 22.7 Å². The summed E-state index contributed by atoms with van der Waals surface area (Å²) < 4.78 is 42.2. The molecule has 1 aliphatic rings. The predicted octanol–water partition coefficient (Wildman–Crippen LogP) is 4.82. The topological polar surface area (TPSA) is 112 Å². The fraction of sp³-hybridized carbons (Fsp3) is 0.893. The third-order valence-electron chi connectivity index (χ3n) is 7.79. The first-order chi connectivity index (χ1) is 17.4. The van der Waals surface area contributed by atoms with E-state index >= 15 is 0 Å². The minimum absolute atomic E-state index is 0.00263. The van der Waals surface area contributed by atoms with Gasteiger partial charge in [-0.15, -0.1) is 5.10 Å². The third kappa shape index (κ3) is 8.83. The van der Waals surface area contributed by atoms with Gasteiger partial charge in [0, 0.05) is 24.3 Å². The summed E-state index contributed by atoms with van der Waals surface area (Å²) in [5.41, 5.74) is 0.298. The van der Waals surface area contributed by atoms with Crippen LogP contribution in [0.1, 0.15) is 112 Å². The Hall–Kier alpha value is -1.36. The summed E-state index contributed by atoms with van der Waals surface area (Å²) >= 11 is 0. The fourth-order valence-electron chi connectivity index (χ4n) is 5.10. The number of ether oxygens (including phenoxy) is 2. The summed E-state index contributed by atoms with van der Waals surface area (Å²) in [6.45, 7) is 19.9. The number of carbonyl (C=O) groups excluding carboxylic acids is 1. The number of nitrogens with one attached hydrogen (secondary N) is 1. The first-order valence-corrected chi connectivity index (χ1v) is 15.5. The number of Topliss-reactive ketones (excluding diaryl/α,β-unsaturated/α-hetero) is 1. The average molecular weight is 557 g/mol. The van der Waals surface area contributed by atoms with Crippen LogP contribution >= 0.6 is 0 Å². The number of hydrogen-bond acceptors (Lipinski definition) is 7. The van der Waals surface area contributed by atoms with Crippen LogP contribution in [-0.2, 0) is 29.8 Å². The molecule has 0 aromatic carbocycles. The molecule has 2 unspecified atom stereocenters. The lowest BCUT2D eigenvalue weighted by Crippen LogP contribution is -2.48. The highest BCUT2D eigenvalue weighted by Crippen LogP contribution is 2.49. The maximum atomic E-state index is 13.6. The standard InChI is InChI=1S/C28H52N4O5S/c1-25(2,3)24(33)12-16-36-18-19-37-17-15-30-38(34,35)28(9)14-11-10-13-27(7,8)22(20-28)23-21-29-31-32(23)26(4,5)6/h21-22,30H,10-20H2,1-9H3. The van der Waals surface area contributed by atoms with E-state index in [9.17, 15) is 13.2 Å². The normalized spacial score (nSPS) is 23.1. The van der Waals surface area contributed by atoms with Crippen molar-refractivity contribution in [2.45, 2.75) is 117 Å². The Morgan fingerprint density at radius 1 is 1.03 bits per heavy atom.